The predicted octanol–water partition coefficient (Wildman–Crippen LogP) is 9.23. The molecule has 5 heterocycles. The Bertz CT molecular complexity index is 2610. The van der Waals surface area contributed by atoms with E-state index in [9.17, 15) is 14.4 Å². The standard InChI is InChI=1S/C47H50IN7O5/c1-25(2)41(53-47(48)58)46(57)55-26(3)11-16-38(55)43-49-21-37(51-43)31-12-14-33-32(18-31)24-60-40-20-34-30(19-35(33)40)13-15-36-42(34)52-44(50-36)39-17-28(23-59-5)22-54(39)45(56)27(4)29-9-7-6-8-10-29/h6-10,12-15,18-21,25-28,38-39,41H,11,16-17,22-24H2,1-5H3,(H,49,51)(H,50,52)(H,53,58)/t26-,27+,28-,38-,39-,41-/m0/s1. The van der Waals surface area contributed by atoms with Gasteiger partial charge in [0.2, 0.25) is 11.8 Å². The molecule has 3 aliphatic rings. The highest BCUT2D eigenvalue weighted by atomic mass is 127. The summed E-state index contributed by atoms with van der Waals surface area (Å²) in [6, 6.07) is 23.8. The number of hydrogen-bond acceptors (Lipinski definition) is 7. The van der Waals surface area contributed by atoms with Gasteiger partial charge in [-0.2, -0.15) is 0 Å². The Balaban J connectivity index is 0.980. The van der Waals surface area contributed by atoms with Crippen LogP contribution in [0.3, 0.4) is 0 Å². The molecule has 0 saturated carbocycles. The molecule has 3 N–H and O–H groups in total. The molecule has 6 atom stereocenters. The summed E-state index contributed by atoms with van der Waals surface area (Å²) in [6.07, 6.45) is 4.33. The van der Waals surface area contributed by atoms with Crippen molar-refractivity contribution >= 4 is 60.1 Å². The number of aromatic nitrogens is 4. The summed E-state index contributed by atoms with van der Waals surface area (Å²) in [5.74, 6) is 2.24. The maximum Gasteiger partial charge on any atom is 0.281 e. The summed E-state index contributed by atoms with van der Waals surface area (Å²) < 4.78 is 11.8. The van der Waals surface area contributed by atoms with Crippen LogP contribution in [-0.4, -0.2) is 77.8 Å². The van der Waals surface area contributed by atoms with Gasteiger partial charge in [0.25, 0.3) is 3.91 Å². The third kappa shape index (κ3) is 7.33. The maximum atomic E-state index is 14.0. The molecule has 13 heteroatoms. The van der Waals surface area contributed by atoms with Gasteiger partial charge in [-0.15, -0.1) is 0 Å². The lowest BCUT2D eigenvalue weighted by molar-refractivity contribution is -0.137. The summed E-state index contributed by atoms with van der Waals surface area (Å²) in [7, 11) is 1.71. The molecule has 0 spiro atoms. The number of rotatable bonds is 10. The third-order valence-electron chi connectivity index (χ3n) is 12.8. The SMILES string of the molecule is COC[C@H]1C[C@@H](c2nc3ccc4cc5c(cc4c3[nH]2)OCc2cc(-c3c[nH]c([C@@H]4CC[C@H](C)N4C(=O)[C@@H](NC(=O)I)C(C)C)n3)ccc2-5)N(C(=O)[C@H](C)c2ccccc2)C1. The lowest BCUT2D eigenvalue weighted by Gasteiger charge is -2.32. The van der Waals surface area contributed by atoms with Crippen LogP contribution in [-0.2, 0) is 20.9 Å². The number of aromatic amines is 2. The van der Waals surface area contributed by atoms with E-state index in [2.05, 4.69) is 64.7 Å². The lowest BCUT2D eigenvalue weighted by atomic mass is 9.92. The molecule has 3 aliphatic heterocycles. The van der Waals surface area contributed by atoms with E-state index in [1.165, 1.54) is 0 Å². The van der Waals surface area contributed by atoms with Crippen molar-refractivity contribution in [1.29, 1.82) is 0 Å². The van der Waals surface area contributed by atoms with Crippen molar-refractivity contribution in [3.8, 4) is 28.1 Å². The zero-order valence-corrected chi connectivity index (χ0v) is 36.7. The smallest absolute Gasteiger partial charge is 0.281 e. The van der Waals surface area contributed by atoms with Crippen molar-refractivity contribution < 1.29 is 23.9 Å². The van der Waals surface area contributed by atoms with Gasteiger partial charge in [0.1, 0.15) is 30.0 Å². The molecule has 3 amide bonds. The average molecular weight is 920 g/mol. The van der Waals surface area contributed by atoms with E-state index >= 15 is 0 Å². The first-order valence-corrected chi connectivity index (χ1v) is 22.0. The number of H-pyrrole nitrogens is 2. The monoisotopic (exact) mass is 919 g/mol. The van der Waals surface area contributed by atoms with E-state index < -0.39 is 6.04 Å². The van der Waals surface area contributed by atoms with E-state index in [1.807, 2.05) is 67.1 Å². The number of nitrogens with one attached hydrogen (secondary N) is 3. The van der Waals surface area contributed by atoms with Crippen LogP contribution in [0.25, 0.3) is 44.2 Å². The highest BCUT2D eigenvalue weighted by Gasteiger charge is 2.42. The summed E-state index contributed by atoms with van der Waals surface area (Å²) in [4.78, 5) is 60.8. The Morgan fingerprint density at radius 2 is 1.77 bits per heavy atom. The number of carbonyl (C=O) groups is 3. The van der Waals surface area contributed by atoms with Crippen LogP contribution in [0, 0.1) is 11.8 Å². The zero-order chi connectivity index (χ0) is 41.8. The van der Waals surface area contributed by atoms with E-state index in [1.54, 1.807) is 29.7 Å². The molecule has 4 aromatic carbocycles. The lowest BCUT2D eigenvalue weighted by Crippen LogP contribution is -2.51. The van der Waals surface area contributed by atoms with Crippen LogP contribution in [0.2, 0.25) is 0 Å². The van der Waals surface area contributed by atoms with Gasteiger partial charge in [-0.25, -0.2) is 9.97 Å². The third-order valence-corrected chi connectivity index (χ3v) is 13.1. The Hall–Kier alpha value is -5.28. The summed E-state index contributed by atoms with van der Waals surface area (Å²) in [5.41, 5.74) is 7.73. The molecule has 2 aromatic heterocycles. The number of ether oxygens (including phenoxy) is 2. The van der Waals surface area contributed by atoms with Crippen molar-refractivity contribution in [2.75, 3.05) is 20.3 Å². The molecule has 2 fully saturated rings. The molecule has 6 aromatic rings. The molecule has 60 heavy (non-hydrogen) atoms. The molecule has 0 unspecified atom stereocenters. The molecule has 0 radical (unpaired) electrons. The molecule has 0 bridgehead atoms. The first-order valence-electron chi connectivity index (χ1n) is 20.9. The Morgan fingerprint density at radius 1 is 0.950 bits per heavy atom. The quantitative estimate of drug-likeness (QED) is 0.0706. The number of amides is 3. The average Bonchev–Trinajstić information content (AvgIpc) is 4.07. The normalized spacial score (nSPS) is 20.9. The maximum absolute atomic E-state index is 14.0. The van der Waals surface area contributed by atoms with Gasteiger partial charge in [-0.3, -0.25) is 14.4 Å². The fourth-order valence-corrected chi connectivity index (χ4v) is 9.96. The second-order valence-corrected chi connectivity index (χ2v) is 18.0. The summed E-state index contributed by atoms with van der Waals surface area (Å²) in [5, 5.41) is 4.93. The minimum Gasteiger partial charge on any atom is -0.488 e. The number of fused-ring (bicyclic) bond motifs is 6. The fraction of sp³-hybridized carbons (Fsp3) is 0.383. The molecular formula is C47H50IN7O5. The molecule has 2 saturated heterocycles. The highest BCUT2D eigenvalue weighted by molar-refractivity contribution is 14.1. The summed E-state index contributed by atoms with van der Waals surface area (Å²) in [6.45, 7) is 9.55. The van der Waals surface area contributed by atoms with E-state index in [4.69, 9.17) is 19.4 Å². The number of methoxy groups -OCH3 is 1. The van der Waals surface area contributed by atoms with Crippen LogP contribution in [0.5, 0.6) is 5.75 Å². The number of nitrogens with zero attached hydrogens (tertiary/aromatic N) is 4. The molecule has 310 valence electrons. The molecule has 0 aliphatic carbocycles. The van der Waals surface area contributed by atoms with Crippen molar-refractivity contribution in [1.82, 2.24) is 35.1 Å². The van der Waals surface area contributed by atoms with Crippen LogP contribution in [0.1, 0.15) is 87.7 Å². The number of carbonyl (C=O) groups excluding carboxylic acids is 3. The largest absolute Gasteiger partial charge is 0.488 e. The summed E-state index contributed by atoms with van der Waals surface area (Å²) >= 11 is 1.69. The van der Waals surface area contributed by atoms with Gasteiger partial charge < -0.3 is 34.6 Å². The van der Waals surface area contributed by atoms with Gasteiger partial charge >= 0.3 is 0 Å². The van der Waals surface area contributed by atoms with Crippen molar-refractivity contribution in [2.24, 2.45) is 11.8 Å². The van der Waals surface area contributed by atoms with Gasteiger partial charge in [-0.1, -0.05) is 62.4 Å². The highest BCUT2D eigenvalue weighted by Crippen LogP contribution is 2.44. The second-order valence-electron chi connectivity index (χ2n) is 17.0. The fourth-order valence-electron chi connectivity index (χ4n) is 9.62. The van der Waals surface area contributed by atoms with Gasteiger partial charge in [0.05, 0.1) is 41.3 Å². The van der Waals surface area contributed by atoms with Gasteiger partial charge in [-0.05, 0) is 85.4 Å². The number of hydrogen-bond donors (Lipinski definition) is 3. The Morgan fingerprint density at radius 3 is 2.53 bits per heavy atom. The Kier molecular flexibility index (Phi) is 10.9. The van der Waals surface area contributed by atoms with E-state index in [-0.39, 0.29) is 51.6 Å². The minimum atomic E-state index is -0.598. The van der Waals surface area contributed by atoms with Crippen LogP contribution in [0.4, 0.5) is 4.79 Å². The van der Waals surface area contributed by atoms with Gasteiger partial charge in [0.15, 0.2) is 0 Å². The van der Waals surface area contributed by atoms with Crippen LogP contribution < -0.4 is 10.1 Å². The first kappa shape index (κ1) is 40.1. The van der Waals surface area contributed by atoms with Crippen LogP contribution in [0.15, 0.2) is 79.0 Å². The topological polar surface area (TPSA) is 146 Å². The van der Waals surface area contributed by atoms with Crippen molar-refractivity contribution in [2.45, 2.75) is 83.6 Å². The minimum absolute atomic E-state index is 0.0307. The van der Waals surface area contributed by atoms with E-state index in [0.717, 1.165) is 92.0 Å². The van der Waals surface area contributed by atoms with Crippen molar-refractivity contribution in [3.05, 3.63) is 102 Å². The van der Waals surface area contributed by atoms with Gasteiger partial charge in [0, 0.05) is 70.9 Å². The number of halogens is 1. The second kappa shape index (κ2) is 16.3. The van der Waals surface area contributed by atoms with Crippen LogP contribution >= 0.6 is 22.6 Å². The number of likely N-dealkylation sites (tertiary alicyclic amines) is 2. The van der Waals surface area contributed by atoms with Crippen molar-refractivity contribution in [3.63, 3.8) is 0 Å². The van der Waals surface area contributed by atoms with E-state index in [0.29, 0.717) is 19.8 Å². The molecule has 9 rings (SSSR count). The number of imidazole rings is 2. The molecule has 12 nitrogen and oxygen atoms in total. The molecular weight excluding hydrogens is 869 g/mol. The predicted molar refractivity (Wildman–Crippen MR) is 240 cm³/mol. The number of benzene rings is 4. The first-order chi connectivity index (χ1) is 29.0. The Labute approximate surface area is 363 Å². The zero-order valence-electron chi connectivity index (χ0n) is 34.5.